The van der Waals surface area contributed by atoms with E-state index in [1.165, 1.54) is 270 Å². The molecule has 19 heteroatoms. The van der Waals surface area contributed by atoms with Gasteiger partial charge in [-0.3, -0.25) is 37.3 Å². The van der Waals surface area contributed by atoms with E-state index in [0.29, 0.717) is 31.6 Å². The second-order valence-electron chi connectivity index (χ2n) is 30.7. The van der Waals surface area contributed by atoms with E-state index in [2.05, 4.69) is 34.6 Å². The van der Waals surface area contributed by atoms with E-state index in [0.717, 1.165) is 96.3 Å². The van der Waals surface area contributed by atoms with Crippen LogP contribution in [0.2, 0.25) is 0 Å². The average Bonchev–Trinajstić information content (AvgIpc) is 0.921. The topological polar surface area (TPSA) is 237 Å². The van der Waals surface area contributed by atoms with Gasteiger partial charge in [-0.2, -0.15) is 0 Å². The third-order valence-corrected chi connectivity index (χ3v) is 21.7. The number of carbonyl (C=O) groups is 4. The second-order valence-corrected chi connectivity index (χ2v) is 33.6. The molecule has 0 aromatic heterocycles. The van der Waals surface area contributed by atoms with Gasteiger partial charge < -0.3 is 33.8 Å². The number of aliphatic hydroxyl groups excluding tert-OH is 1. The third kappa shape index (κ3) is 78.0. The van der Waals surface area contributed by atoms with Crippen LogP contribution in [0.4, 0.5) is 0 Å². The van der Waals surface area contributed by atoms with Gasteiger partial charge in [-0.15, -0.1) is 0 Å². The summed E-state index contributed by atoms with van der Waals surface area (Å²) < 4.78 is 68.8. The van der Waals surface area contributed by atoms with Gasteiger partial charge in [0.15, 0.2) is 12.2 Å². The van der Waals surface area contributed by atoms with Crippen LogP contribution in [0.25, 0.3) is 0 Å². The van der Waals surface area contributed by atoms with Crippen molar-refractivity contribution in [3.8, 4) is 0 Å². The minimum Gasteiger partial charge on any atom is -0.462 e. The Kier molecular flexibility index (Phi) is 75.4. The summed E-state index contributed by atoms with van der Waals surface area (Å²) in [5, 5.41) is 10.7. The van der Waals surface area contributed by atoms with E-state index in [1.54, 1.807) is 0 Å². The Morgan fingerprint density at radius 3 is 0.660 bits per heavy atom. The second kappa shape index (κ2) is 76.8. The first-order valence-electron chi connectivity index (χ1n) is 43.6. The van der Waals surface area contributed by atoms with Crippen LogP contribution in [0.1, 0.15) is 452 Å². The van der Waals surface area contributed by atoms with Crippen molar-refractivity contribution in [3.63, 3.8) is 0 Å². The maximum absolute atomic E-state index is 13.1. The molecule has 0 aliphatic carbocycles. The first-order chi connectivity index (χ1) is 50.0. The van der Waals surface area contributed by atoms with E-state index < -0.39 is 97.5 Å². The quantitative estimate of drug-likeness (QED) is 0.0222. The predicted molar refractivity (Wildman–Crippen MR) is 423 cm³/mol. The van der Waals surface area contributed by atoms with Gasteiger partial charge in [-0.1, -0.05) is 401 Å². The molecular weight excluding hydrogens is 1340 g/mol. The lowest BCUT2D eigenvalue weighted by molar-refractivity contribution is -0.161. The zero-order valence-corrected chi connectivity index (χ0v) is 69.3. The molecule has 0 fully saturated rings. The molecule has 0 aliphatic heterocycles. The van der Waals surface area contributed by atoms with E-state index in [1.807, 2.05) is 0 Å². The average molecular weight is 1510 g/mol. The Balaban J connectivity index is 5.20. The molecule has 0 radical (unpaired) electrons. The van der Waals surface area contributed by atoms with Gasteiger partial charge in [0.2, 0.25) is 0 Å². The first-order valence-corrected chi connectivity index (χ1v) is 46.6. The van der Waals surface area contributed by atoms with Crippen LogP contribution in [0.5, 0.6) is 0 Å². The van der Waals surface area contributed by atoms with E-state index >= 15 is 0 Å². The van der Waals surface area contributed by atoms with Crippen molar-refractivity contribution in [2.75, 3.05) is 39.6 Å². The van der Waals surface area contributed by atoms with Crippen LogP contribution < -0.4 is 0 Å². The predicted octanol–water partition coefficient (Wildman–Crippen LogP) is 25.6. The number of ether oxygens (including phenoxy) is 4. The third-order valence-electron chi connectivity index (χ3n) is 19.8. The van der Waals surface area contributed by atoms with Crippen LogP contribution in [0.3, 0.4) is 0 Å². The summed E-state index contributed by atoms with van der Waals surface area (Å²) in [6, 6.07) is 0. The van der Waals surface area contributed by atoms with Crippen molar-refractivity contribution >= 4 is 39.5 Å². The molecule has 612 valence electrons. The SMILES string of the molecule is CCCCCCCCCCCCCCCCCCCCCCC(=O)OC[C@H](COP(=O)(O)OC[C@@H](O)COP(=O)(O)OC[C@@H](COC(=O)CCCCCCCCC(C)C)OC(=O)CCCCCCCCCCCCCCCC)OC(=O)CCCCCCCCCCCCCCCCCCCCCC. The Bertz CT molecular complexity index is 1960. The summed E-state index contributed by atoms with van der Waals surface area (Å²) in [6.45, 7) is 7.27. The normalized spacial score (nSPS) is 13.8. The van der Waals surface area contributed by atoms with Crippen LogP contribution in [-0.2, 0) is 65.4 Å². The molecule has 2 unspecified atom stereocenters. The van der Waals surface area contributed by atoms with E-state index in [9.17, 15) is 43.2 Å². The molecule has 0 saturated carbocycles. The van der Waals surface area contributed by atoms with Crippen molar-refractivity contribution in [1.82, 2.24) is 0 Å². The Labute approximate surface area is 632 Å². The van der Waals surface area contributed by atoms with Crippen LogP contribution in [0.15, 0.2) is 0 Å². The van der Waals surface area contributed by atoms with Crippen LogP contribution in [0, 0.1) is 5.92 Å². The summed E-state index contributed by atoms with van der Waals surface area (Å²) in [5.74, 6) is -1.43. The van der Waals surface area contributed by atoms with Gasteiger partial charge >= 0.3 is 39.5 Å². The maximum atomic E-state index is 13.1. The fourth-order valence-corrected chi connectivity index (χ4v) is 14.7. The molecule has 0 spiro atoms. The van der Waals surface area contributed by atoms with Gasteiger partial charge in [0.25, 0.3) is 0 Å². The number of phosphoric acid groups is 2. The Morgan fingerprint density at radius 1 is 0.262 bits per heavy atom. The summed E-state index contributed by atoms with van der Waals surface area (Å²) in [6.07, 6.45) is 69.7. The van der Waals surface area contributed by atoms with E-state index in [4.69, 9.17) is 37.0 Å². The highest BCUT2D eigenvalue weighted by Gasteiger charge is 2.30. The van der Waals surface area contributed by atoms with Crippen molar-refractivity contribution in [3.05, 3.63) is 0 Å². The Morgan fingerprint density at radius 2 is 0.447 bits per heavy atom. The summed E-state index contributed by atoms with van der Waals surface area (Å²) in [7, 11) is -9.92. The largest absolute Gasteiger partial charge is 0.472 e. The molecule has 17 nitrogen and oxygen atoms in total. The zero-order chi connectivity index (χ0) is 75.5. The van der Waals surface area contributed by atoms with Gasteiger partial charge in [-0.05, 0) is 31.6 Å². The summed E-state index contributed by atoms with van der Waals surface area (Å²) >= 11 is 0. The number of aliphatic hydroxyl groups is 1. The first kappa shape index (κ1) is 101. The summed E-state index contributed by atoms with van der Waals surface area (Å²) in [5.41, 5.74) is 0. The molecule has 3 N–H and O–H groups in total. The highest BCUT2D eigenvalue weighted by atomic mass is 31.2. The molecule has 5 atom stereocenters. The number of phosphoric ester groups is 2. The zero-order valence-electron chi connectivity index (χ0n) is 67.5. The lowest BCUT2D eigenvalue weighted by Gasteiger charge is -2.21. The highest BCUT2D eigenvalue weighted by molar-refractivity contribution is 7.47. The minimum absolute atomic E-state index is 0.107. The van der Waals surface area contributed by atoms with Crippen molar-refractivity contribution in [2.24, 2.45) is 5.92 Å². The molecule has 0 heterocycles. The molecule has 0 amide bonds. The van der Waals surface area contributed by atoms with Crippen molar-refractivity contribution in [1.29, 1.82) is 0 Å². The van der Waals surface area contributed by atoms with Gasteiger partial charge in [0.1, 0.15) is 19.3 Å². The highest BCUT2D eigenvalue weighted by Crippen LogP contribution is 2.45. The standard InChI is InChI=1S/C84H164O17P2/c1-6-9-12-15-18-21-24-27-30-32-34-36-38-40-43-45-48-51-57-62-67-81(86)94-73-79(100-83(88)70-65-60-53-50-47-44-41-39-37-35-33-31-28-25-22-19-16-13-10-7-2)75-98-102(90,91)96-71-78(85)72-97-103(92,93)99-76-80(74-95-82(87)68-63-58-55-54-56-61-66-77(4)5)101-84(89)69-64-59-52-49-46-42-29-26-23-20-17-14-11-8-3/h77-80,85H,6-76H2,1-5H3,(H,90,91)(H,92,93)/t78-,79-,80-/m1/s1. The molecular formula is C84H164O17P2. The fourth-order valence-electron chi connectivity index (χ4n) is 13.1. The molecule has 0 aliphatic rings. The maximum Gasteiger partial charge on any atom is 0.472 e. The van der Waals surface area contributed by atoms with Crippen LogP contribution >= 0.6 is 15.6 Å². The van der Waals surface area contributed by atoms with Gasteiger partial charge in [-0.25, -0.2) is 9.13 Å². The number of unbranched alkanes of at least 4 members (excludes halogenated alkanes) is 56. The monoisotopic (exact) mass is 1510 g/mol. The number of hydrogen-bond acceptors (Lipinski definition) is 15. The number of hydrogen-bond donors (Lipinski definition) is 3. The number of rotatable bonds is 84. The van der Waals surface area contributed by atoms with E-state index in [-0.39, 0.29) is 25.7 Å². The van der Waals surface area contributed by atoms with Crippen LogP contribution in [-0.4, -0.2) is 96.7 Å². The lowest BCUT2D eigenvalue weighted by Crippen LogP contribution is -2.30. The molecule has 0 aromatic rings. The molecule has 0 bridgehead atoms. The number of esters is 4. The smallest absolute Gasteiger partial charge is 0.462 e. The molecule has 103 heavy (non-hydrogen) atoms. The van der Waals surface area contributed by atoms with Crippen molar-refractivity contribution < 1.29 is 80.2 Å². The lowest BCUT2D eigenvalue weighted by atomic mass is 10.0. The summed E-state index contributed by atoms with van der Waals surface area (Å²) in [4.78, 5) is 73.1. The van der Waals surface area contributed by atoms with Crippen molar-refractivity contribution in [2.45, 2.75) is 470 Å². The molecule has 0 aromatic carbocycles. The Hall–Kier alpha value is -1.94. The van der Waals surface area contributed by atoms with Gasteiger partial charge in [0, 0.05) is 25.7 Å². The number of carbonyl (C=O) groups excluding carboxylic acids is 4. The van der Waals surface area contributed by atoms with Gasteiger partial charge in [0.05, 0.1) is 26.4 Å². The molecule has 0 rings (SSSR count). The molecule has 0 saturated heterocycles. The fraction of sp³-hybridized carbons (Fsp3) is 0.952. The minimum atomic E-state index is -4.96.